The lowest BCUT2D eigenvalue weighted by atomic mass is 10.5. The molecule has 0 saturated carbocycles. The van der Waals surface area contributed by atoms with Crippen molar-refractivity contribution in [2.45, 2.75) is 17.7 Å². The van der Waals surface area contributed by atoms with Gasteiger partial charge in [-0.3, -0.25) is 10.2 Å². The molecule has 0 aliphatic rings. The van der Waals surface area contributed by atoms with Gasteiger partial charge in [0, 0.05) is 0 Å². The molecule has 0 bridgehead atoms. The average molecular weight is 188 g/mol. The molecular formula is C4H7F3N2OS. The van der Waals surface area contributed by atoms with E-state index in [1.165, 1.54) is 0 Å². The van der Waals surface area contributed by atoms with E-state index in [1.807, 2.05) is 0 Å². The highest BCUT2D eigenvalue weighted by Crippen LogP contribution is 2.33. The summed E-state index contributed by atoms with van der Waals surface area (Å²) in [5.74, 6) is 3.77. The second-order valence-electron chi connectivity index (χ2n) is 1.71. The third kappa shape index (κ3) is 4.91. The van der Waals surface area contributed by atoms with Gasteiger partial charge in [0.25, 0.3) is 0 Å². The molecule has 3 nitrogen and oxygen atoms in total. The van der Waals surface area contributed by atoms with Gasteiger partial charge in [0.15, 0.2) is 0 Å². The van der Waals surface area contributed by atoms with Gasteiger partial charge in [0.05, 0.1) is 5.25 Å². The van der Waals surface area contributed by atoms with Crippen molar-refractivity contribution < 1.29 is 18.0 Å². The van der Waals surface area contributed by atoms with Crippen LogP contribution in [0.3, 0.4) is 0 Å². The highest BCUT2D eigenvalue weighted by Gasteiger charge is 2.33. The molecule has 0 spiro atoms. The van der Waals surface area contributed by atoms with Crippen LogP contribution >= 0.6 is 11.8 Å². The maximum atomic E-state index is 11.5. The van der Waals surface area contributed by atoms with Crippen LogP contribution in [-0.2, 0) is 4.79 Å². The molecule has 0 fully saturated rings. The fraction of sp³-hybridized carbons (Fsp3) is 0.750. The van der Waals surface area contributed by atoms with Crippen LogP contribution < -0.4 is 11.3 Å². The fourth-order valence-corrected chi connectivity index (χ4v) is 0.947. The first kappa shape index (κ1) is 10.6. The molecule has 0 aromatic rings. The predicted molar refractivity (Wildman–Crippen MR) is 35.4 cm³/mol. The summed E-state index contributed by atoms with van der Waals surface area (Å²) >= 11 is -0.403. The zero-order chi connectivity index (χ0) is 9.07. The third-order valence-corrected chi connectivity index (χ3v) is 1.66. The molecule has 11 heavy (non-hydrogen) atoms. The van der Waals surface area contributed by atoms with Gasteiger partial charge in [-0.1, -0.05) is 0 Å². The SMILES string of the molecule is CC(SC(F)(F)F)C(=O)NN. The Morgan fingerprint density at radius 1 is 1.64 bits per heavy atom. The molecule has 0 aromatic carbocycles. The number of carbonyl (C=O) groups excluding carboxylic acids is 1. The minimum atomic E-state index is -4.40. The zero-order valence-electron chi connectivity index (χ0n) is 5.61. The van der Waals surface area contributed by atoms with Gasteiger partial charge >= 0.3 is 5.51 Å². The zero-order valence-corrected chi connectivity index (χ0v) is 6.42. The lowest BCUT2D eigenvalue weighted by Gasteiger charge is -2.10. The Bertz CT molecular complexity index is 149. The van der Waals surface area contributed by atoms with Crippen molar-refractivity contribution in [3.8, 4) is 0 Å². The van der Waals surface area contributed by atoms with Crippen LogP contribution in [-0.4, -0.2) is 16.7 Å². The van der Waals surface area contributed by atoms with E-state index in [1.54, 1.807) is 5.43 Å². The van der Waals surface area contributed by atoms with Crippen molar-refractivity contribution in [2.75, 3.05) is 0 Å². The molecule has 0 aliphatic heterocycles. The lowest BCUT2D eigenvalue weighted by Crippen LogP contribution is -2.37. The van der Waals surface area contributed by atoms with Crippen molar-refractivity contribution in [1.82, 2.24) is 5.43 Å². The van der Waals surface area contributed by atoms with Crippen molar-refractivity contribution in [2.24, 2.45) is 5.84 Å². The maximum Gasteiger partial charge on any atom is 0.442 e. The fourth-order valence-electron chi connectivity index (χ4n) is 0.371. The Labute approximate surface area is 65.5 Å². The van der Waals surface area contributed by atoms with Crippen molar-refractivity contribution in [1.29, 1.82) is 0 Å². The molecule has 1 unspecified atom stereocenters. The highest BCUT2D eigenvalue weighted by molar-refractivity contribution is 8.01. The summed E-state index contributed by atoms with van der Waals surface area (Å²) < 4.78 is 34.6. The first-order valence-electron chi connectivity index (χ1n) is 2.62. The quantitative estimate of drug-likeness (QED) is 0.379. The van der Waals surface area contributed by atoms with Crippen LogP contribution in [0.1, 0.15) is 6.92 Å². The minimum Gasteiger partial charge on any atom is -0.293 e. The van der Waals surface area contributed by atoms with Crippen LogP contribution in [0.15, 0.2) is 0 Å². The van der Waals surface area contributed by atoms with E-state index in [9.17, 15) is 18.0 Å². The molecule has 66 valence electrons. The van der Waals surface area contributed by atoms with Crippen LogP contribution in [0.5, 0.6) is 0 Å². The topological polar surface area (TPSA) is 55.1 Å². The number of halogens is 3. The molecule has 3 N–H and O–H groups in total. The molecule has 0 rings (SSSR count). The molecule has 0 heterocycles. The number of hydrogen-bond donors (Lipinski definition) is 2. The highest BCUT2D eigenvalue weighted by atomic mass is 32.2. The number of hydrogen-bond acceptors (Lipinski definition) is 3. The number of alkyl halides is 3. The first-order chi connectivity index (χ1) is 4.87. The second kappa shape index (κ2) is 3.82. The number of nitrogens with two attached hydrogens (primary N) is 1. The van der Waals surface area contributed by atoms with Crippen molar-refractivity contribution in [3.05, 3.63) is 0 Å². The van der Waals surface area contributed by atoms with Gasteiger partial charge < -0.3 is 0 Å². The molecule has 1 amide bonds. The van der Waals surface area contributed by atoms with Gasteiger partial charge in [-0.25, -0.2) is 5.84 Å². The normalized spacial score (nSPS) is 14.3. The number of rotatable bonds is 2. The minimum absolute atomic E-state index is 0.403. The number of nitrogens with one attached hydrogen (secondary N) is 1. The van der Waals surface area contributed by atoms with Gasteiger partial charge in [0.2, 0.25) is 5.91 Å². The van der Waals surface area contributed by atoms with E-state index in [2.05, 4.69) is 5.84 Å². The van der Waals surface area contributed by atoms with Crippen LogP contribution in [0, 0.1) is 0 Å². The Morgan fingerprint density at radius 2 is 2.09 bits per heavy atom. The Kier molecular flexibility index (Phi) is 3.67. The number of carbonyl (C=O) groups is 1. The Hall–Kier alpha value is -0.430. The predicted octanol–water partition coefficient (Wildman–Crippen LogP) is 0.618. The summed E-state index contributed by atoms with van der Waals surface area (Å²) in [7, 11) is 0. The number of thioether (sulfide) groups is 1. The first-order valence-corrected chi connectivity index (χ1v) is 3.50. The van der Waals surface area contributed by atoms with E-state index >= 15 is 0 Å². The standard InChI is InChI=1S/C4H7F3N2OS/c1-2(3(10)9-8)11-4(5,6)7/h2H,8H2,1H3,(H,9,10). The Morgan fingerprint density at radius 3 is 2.36 bits per heavy atom. The van der Waals surface area contributed by atoms with Gasteiger partial charge in [-0.05, 0) is 18.7 Å². The van der Waals surface area contributed by atoms with Gasteiger partial charge in [-0.15, -0.1) is 0 Å². The number of hydrazine groups is 1. The summed E-state index contributed by atoms with van der Waals surface area (Å²) in [6.07, 6.45) is 0. The van der Waals surface area contributed by atoms with E-state index in [0.29, 0.717) is 0 Å². The molecule has 0 radical (unpaired) electrons. The molecule has 7 heteroatoms. The summed E-state index contributed by atoms with van der Waals surface area (Å²) in [6.45, 7) is 1.13. The largest absolute Gasteiger partial charge is 0.442 e. The van der Waals surface area contributed by atoms with Gasteiger partial charge in [-0.2, -0.15) is 13.2 Å². The van der Waals surface area contributed by atoms with E-state index in [-0.39, 0.29) is 0 Å². The van der Waals surface area contributed by atoms with Gasteiger partial charge in [0.1, 0.15) is 0 Å². The smallest absolute Gasteiger partial charge is 0.293 e. The van der Waals surface area contributed by atoms with Crippen LogP contribution in [0.4, 0.5) is 13.2 Å². The summed E-state index contributed by atoms with van der Waals surface area (Å²) in [4.78, 5) is 10.4. The average Bonchev–Trinajstić information content (AvgIpc) is 1.82. The lowest BCUT2D eigenvalue weighted by molar-refractivity contribution is -0.120. The van der Waals surface area contributed by atoms with E-state index in [4.69, 9.17) is 0 Å². The maximum absolute atomic E-state index is 11.5. The molecule has 0 aromatic heterocycles. The summed E-state index contributed by atoms with van der Waals surface area (Å²) in [5.41, 5.74) is -2.77. The molecule has 0 saturated heterocycles. The molecule has 0 aliphatic carbocycles. The second-order valence-corrected chi connectivity index (χ2v) is 3.12. The summed E-state index contributed by atoms with van der Waals surface area (Å²) in [6, 6.07) is 0. The molecular weight excluding hydrogens is 181 g/mol. The van der Waals surface area contributed by atoms with E-state index in [0.717, 1.165) is 6.92 Å². The van der Waals surface area contributed by atoms with Crippen molar-refractivity contribution in [3.63, 3.8) is 0 Å². The van der Waals surface area contributed by atoms with E-state index < -0.39 is 28.4 Å². The van der Waals surface area contributed by atoms with Crippen LogP contribution in [0.2, 0.25) is 0 Å². The Balaban J connectivity index is 3.87. The third-order valence-electron chi connectivity index (χ3n) is 0.822. The summed E-state index contributed by atoms with van der Waals surface area (Å²) in [5, 5.41) is -1.21. The van der Waals surface area contributed by atoms with Crippen LogP contribution in [0.25, 0.3) is 0 Å². The van der Waals surface area contributed by atoms with Crippen molar-refractivity contribution >= 4 is 17.7 Å². The molecule has 1 atom stereocenters. The monoisotopic (exact) mass is 188 g/mol. The number of amides is 1.